The number of carbonyl (C=O) groups is 1. The predicted octanol–water partition coefficient (Wildman–Crippen LogP) is 1.33. The van der Waals surface area contributed by atoms with Crippen molar-refractivity contribution in [3.63, 3.8) is 0 Å². The summed E-state index contributed by atoms with van der Waals surface area (Å²) in [5.74, 6) is -0.322. The molecule has 0 radical (unpaired) electrons. The molecule has 0 spiro atoms. The van der Waals surface area contributed by atoms with Gasteiger partial charge >= 0.3 is 0 Å². The highest BCUT2D eigenvalue weighted by Crippen LogP contribution is 2.25. The number of nitrogens with one attached hydrogen (secondary N) is 1. The summed E-state index contributed by atoms with van der Waals surface area (Å²) in [4.78, 5) is 11.2. The Balaban J connectivity index is 2.78. The van der Waals surface area contributed by atoms with E-state index in [-0.39, 0.29) is 16.7 Å². The Bertz CT molecular complexity index is 353. The highest BCUT2D eigenvalue weighted by atomic mass is 35.5. The fraction of sp³-hybridized carbons (Fsp3) is 0.222. The lowest BCUT2D eigenvalue weighted by molar-refractivity contribution is -0.117. The van der Waals surface area contributed by atoms with Gasteiger partial charge in [-0.3, -0.25) is 4.79 Å². The first kappa shape index (κ1) is 10.8. The maximum Gasteiger partial charge on any atom is 0.240 e. The molecule has 0 aliphatic carbocycles. The average molecular weight is 215 g/mol. The molecule has 4 N–H and O–H groups in total. The molecule has 0 saturated heterocycles. The van der Waals surface area contributed by atoms with Crippen LogP contribution in [0.2, 0.25) is 5.02 Å². The zero-order chi connectivity index (χ0) is 10.7. The fourth-order valence-electron chi connectivity index (χ4n) is 0.841. The van der Waals surface area contributed by atoms with Crippen LogP contribution in [0.15, 0.2) is 18.2 Å². The number of halogens is 1. The molecule has 5 heteroatoms. The summed E-state index contributed by atoms with van der Waals surface area (Å²) in [6.45, 7) is 1.58. The van der Waals surface area contributed by atoms with Crippen molar-refractivity contribution in [2.75, 3.05) is 5.32 Å². The number of aromatic hydroxyl groups is 1. The van der Waals surface area contributed by atoms with Crippen LogP contribution in [0.3, 0.4) is 0 Å². The van der Waals surface area contributed by atoms with Gasteiger partial charge in [0.1, 0.15) is 5.75 Å². The van der Waals surface area contributed by atoms with Gasteiger partial charge in [0.25, 0.3) is 0 Å². The van der Waals surface area contributed by atoms with E-state index in [1.54, 1.807) is 13.0 Å². The van der Waals surface area contributed by atoms with Gasteiger partial charge < -0.3 is 16.2 Å². The number of benzene rings is 1. The van der Waals surface area contributed by atoms with Crippen LogP contribution >= 0.6 is 11.6 Å². The number of hydrogen-bond donors (Lipinski definition) is 3. The first-order chi connectivity index (χ1) is 6.50. The molecule has 0 bridgehead atoms. The SMILES string of the molecule is CC(N)C(=O)Nc1ccc(O)c(Cl)c1. The highest BCUT2D eigenvalue weighted by molar-refractivity contribution is 6.32. The first-order valence-electron chi connectivity index (χ1n) is 4.05. The van der Waals surface area contributed by atoms with E-state index in [2.05, 4.69) is 5.32 Å². The van der Waals surface area contributed by atoms with E-state index in [0.29, 0.717) is 5.69 Å². The number of anilines is 1. The van der Waals surface area contributed by atoms with E-state index < -0.39 is 6.04 Å². The average Bonchev–Trinajstić information content (AvgIpc) is 2.11. The Morgan fingerprint density at radius 1 is 1.64 bits per heavy atom. The summed E-state index contributed by atoms with van der Waals surface area (Å²) in [5, 5.41) is 11.9. The molecule has 1 rings (SSSR count). The Morgan fingerprint density at radius 2 is 2.29 bits per heavy atom. The molecule has 0 saturated carbocycles. The van der Waals surface area contributed by atoms with E-state index >= 15 is 0 Å². The van der Waals surface area contributed by atoms with Gasteiger partial charge in [0.15, 0.2) is 0 Å². The molecule has 0 fully saturated rings. The van der Waals surface area contributed by atoms with Crippen molar-refractivity contribution >= 4 is 23.2 Å². The lowest BCUT2D eigenvalue weighted by Gasteiger charge is -2.08. The second kappa shape index (κ2) is 4.30. The van der Waals surface area contributed by atoms with E-state index in [1.165, 1.54) is 12.1 Å². The number of phenols is 1. The Labute approximate surface area is 86.7 Å². The molecule has 0 heterocycles. The third-order valence-corrected chi connectivity index (χ3v) is 1.93. The highest BCUT2D eigenvalue weighted by Gasteiger charge is 2.08. The van der Waals surface area contributed by atoms with Crippen molar-refractivity contribution in [1.82, 2.24) is 0 Å². The largest absolute Gasteiger partial charge is 0.506 e. The second-order valence-corrected chi connectivity index (χ2v) is 3.35. The lowest BCUT2D eigenvalue weighted by Crippen LogP contribution is -2.32. The van der Waals surface area contributed by atoms with Gasteiger partial charge in [-0.25, -0.2) is 0 Å². The van der Waals surface area contributed by atoms with Crippen LogP contribution in [0.4, 0.5) is 5.69 Å². The van der Waals surface area contributed by atoms with Crippen molar-refractivity contribution in [1.29, 1.82) is 0 Å². The smallest absolute Gasteiger partial charge is 0.240 e. The molecular formula is C9H11ClN2O2. The monoisotopic (exact) mass is 214 g/mol. The first-order valence-corrected chi connectivity index (χ1v) is 4.43. The van der Waals surface area contributed by atoms with Gasteiger partial charge in [-0.2, -0.15) is 0 Å². The normalized spacial score (nSPS) is 12.2. The van der Waals surface area contributed by atoms with Crippen LogP contribution in [-0.2, 0) is 4.79 Å². The summed E-state index contributed by atoms with van der Waals surface area (Å²) >= 11 is 5.64. The van der Waals surface area contributed by atoms with E-state index in [9.17, 15) is 4.79 Å². The molecule has 1 amide bonds. The van der Waals surface area contributed by atoms with E-state index in [1.807, 2.05) is 0 Å². The van der Waals surface area contributed by atoms with E-state index in [0.717, 1.165) is 0 Å². The molecule has 0 aliphatic rings. The summed E-state index contributed by atoms with van der Waals surface area (Å²) in [6, 6.07) is 3.82. The lowest BCUT2D eigenvalue weighted by atomic mass is 10.2. The number of rotatable bonds is 2. The summed E-state index contributed by atoms with van der Waals surface area (Å²) in [5.41, 5.74) is 5.87. The minimum absolute atomic E-state index is 0.0227. The van der Waals surface area contributed by atoms with Crippen LogP contribution in [0.5, 0.6) is 5.75 Å². The van der Waals surface area contributed by atoms with Crippen molar-refractivity contribution in [3.05, 3.63) is 23.2 Å². The van der Waals surface area contributed by atoms with Crippen LogP contribution in [-0.4, -0.2) is 17.1 Å². The molecule has 1 aromatic rings. The van der Waals surface area contributed by atoms with E-state index in [4.69, 9.17) is 22.4 Å². The molecule has 4 nitrogen and oxygen atoms in total. The van der Waals surface area contributed by atoms with Gasteiger partial charge in [0.2, 0.25) is 5.91 Å². The maximum atomic E-state index is 11.2. The van der Waals surface area contributed by atoms with Crippen LogP contribution in [0.1, 0.15) is 6.92 Å². The number of carbonyl (C=O) groups excluding carboxylic acids is 1. The maximum absolute atomic E-state index is 11.2. The number of amides is 1. The minimum Gasteiger partial charge on any atom is -0.506 e. The number of nitrogens with two attached hydrogens (primary N) is 1. The third-order valence-electron chi connectivity index (χ3n) is 1.63. The molecular weight excluding hydrogens is 204 g/mol. The second-order valence-electron chi connectivity index (χ2n) is 2.94. The van der Waals surface area contributed by atoms with Gasteiger partial charge in [-0.15, -0.1) is 0 Å². The van der Waals surface area contributed by atoms with Crippen LogP contribution < -0.4 is 11.1 Å². The quantitative estimate of drug-likeness (QED) is 0.651. The van der Waals surface area contributed by atoms with Gasteiger partial charge in [0.05, 0.1) is 11.1 Å². The van der Waals surface area contributed by atoms with Gasteiger partial charge in [0, 0.05) is 5.69 Å². The molecule has 76 valence electrons. The van der Waals surface area contributed by atoms with Crippen molar-refractivity contribution in [2.45, 2.75) is 13.0 Å². The van der Waals surface area contributed by atoms with Crippen molar-refractivity contribution in [3.8, 4) is 5.75 Å². The zero-order valence-corrected chi connectivity index (χ0v) is 8.38. The third kappa shape index (κ3) is 2.61. The topological polar surface area (TPSA) is 75.4 Å². The summed E-state index contributed by atoms with van der Waals surface area (Å²) in [7, 11) is 0. The van der Waals surface area contributed by atoms with Crippen LogP contribution in [0.25, 0.3) is 0 Å². The molecule has 1 atom stereocenters. The molecule has 1 unspecified atom stereocenters. The Hall–Kier alpha value is -1.26. The molecule has 0 aromatic heterocycles. The minimum atomic E-state index is -0.581. The van der Waals surface area contributed by atoms with Gasteiger partial charge in [-0.05, 0) is 25.1 Å². The Kier molecular flexibility index (Phi) is 3.33. The summed E-state index contributed by atoms with van der Waals surface area (Å²) < 4.78 is 0. The fourth-order valence-corrected chi connectivity index (χ4v) is 1.02. The number of phenolic OH excluding ortho intramolecular Hbond substituents is 1. The molecule has 14 heavy (non-hydrogen) atoms. The van der Waals surface area contributed by atoms with Crippen molar-refractivity contribution in [2.24, 2.45) is 5.73 Å². The number of hydrogen-bond acceptors (Lipinski definition) is 3. The molecule has 1 aromatic carbocycles. The van der Waals surface area contributed by atoms with Crippen LogP contribution in [0, 0.1) is 0 Å². The van der Waals surface area contributed by atoms with Crippen molar-refractivity contribution < 1.29 is 9.90 Å². The van der Waals surface area contributed by atoms with Gasteiger partial charge in [-0.1, -0.05) is 11.6 Å². The predicted molar refractivity (Wildman–Crippen MR) is 55.4 cm³/mol. The standard InChI is InChI=1S/C9H11ClN2O2/c1-5(11)9(14)12-6-2-3-8(13)7(10)4-6/h2-5,13H,11H2,1H3,(H,12,14). The summed E-state index contributed by atoms with van der Waals surface area (Å²) in [6.07, 6.45) is 0. The zero-order valence-electron chi connectivity index (χ0n) is 7.62. The Morgan fingerprint density at radius 3 is 2.79 bits per heavy atom. The molecule has 0 aliphatic heterocycles.